The van der Waals surface area contributed by atoms with Crippen LogP contribution >= 0.6 is 0 Å². The largest absolute Gasteiger partial charge is 0.336 e. The number of amides is 1. The Morgan fingerprint density at radius 3 is 2.19 bits per heavy atom. The van der Waals surface area contributed by atoms with Gasteiger partial charge in [0.25, 0.3) is 5.91 Å². The van der Waals surface area contributed by atoms with Crippen LogP contribution in [0.5, 0.6) is 0 Å². The van der Waals surface area contributed by atoms with E-state index in [-0.39, 0.29) is 36.6 Å². The lowest BCUT2D eigenvalue weighted by molar-refractivity contribution is 0.0693. The predicted molar refractivity (Wildman–Crippen MR) is 96.9 cm³/mol. The molecule has 1 aliphatic heterocycles. The summed E-state index contributed by atoms with van der Waals surface area (Å²) < 4.78 is 53.8. The van der Waals surface area contributed by atoms with Crippen LogP contribution in [0.25, 0.3) is 0 Å². The van der Waals surface area contributed by atoms with Gasteiger partial charge in [-0.25, -0.2) is 17.2 Å². The van der Waals surface area contributed by atoms with Gasteiger partial charge in [-0.2, -0.15) is 4.31 Å². The maximum Gasteiger partial charge on any atom is 0.256 e. The predicted octanol–water partition coefficient (Wildman–Crippen LogP) is 2.73. The van der Waals surface area contributed by atoms with Crippen LogP contribution < -0.4 is 0 Å². The molecule has 0 aliphatic carbocycles. The summed E-state index contributed by atoms with van der Waals surface area (Å²) in [6.45, 7) is 4.26. The number of aryl methyl sites for hydroxylation is 2. The highest BCUT2D eigenvalue weighted by atomic mass is 32.2. The zero-order valence-electron chi connectivity index (χ0n) is 15.1. The summed E-state index contributed by atoms with van der Waals surface area (Å²) in [5.41, 5.74) is 1.67. The Kier molecular flexibility index (Phi) is 5.30. The first-order valence-corrected chi connectivity index (χ1v) is 9.96. The molecule has 144 valence electrons. The number of nitrogens with zero attached hydrogens (tertiary/aromatic N) is 2. The van der Waals surface area contributed by atoms with E-state index in [0.717, 1.165) is 23.3 Å². The summed E-state index contributed by atoms with van der Waals surface area (Å²) in [4.78, 5) is 14.0. The van der Waals surface area contributed by atoms with E-state index in [1.54, 1.807) is 18.2 Å². The molecule has 1 fully saturated rings. The molecule has 0 bridgehead atoms. The molecule has 3 rings (SSSR count). The van der Waals surface area contributed by atoms with Crippen LogP contribution in [0.3, 0.4) is 0 Å². The molecule has 1 aliphatic rings. The van der Waals surface area contributed by atoms with Crippen LogP contribution in [-0.2, 0) is 10.0 Å². The van der Waals surface area contributed by atoms with Crippen LogP contribution in [0.2, 0.25) is 0 Å². The molecule has 0 atom stereocenters. The van der Waals surface area contributed by atoms with E-state index in [4.69, 9.17) is 0 Å². The van der Waals surface area contributed by atoms with Crippen LogP contribution in [0.1, 0.15) is 21.5 Å². The van der Waals surface area contributed by atoms with E-state index in [0.29, 0.717) is 6.07 Å². The van der Waals surface area contributed by atoms with E-state index < -0.39 is 27.6 Å². The first kappa shape index (κ1) is 19.4. The molecular formula is C19H20F2N2O3S. The summed E-state index contributed by atoms with van der Waals surface area (Å²) in [6, 6.07) is 7.76. The monoisotopic (exact) mass is 394 g/mol. The van der Waals surface area contributed by atoms with Crippen molar-refractivity contribution in [2.75, 3.05) is 26.2 Å². The van der Waals surface area contributed by atoms with Crippen molar-refractivity contribution < 1.29 is 22.0 Å². The molecule has 0 unspecified atom stereocenters. The summed E-state index contributed by atoms with van der Waals surface area (Å²) in [7, 11) is -3.66. The summed E-state index contributed by atoms with van der Waals surface area (Å²) in [5, 5.41) is 0. The van der Waals surface area contributed by atoms with Crippen LogP contribution in [0.4, 0.5) is 8.78 Å². The minimum Gasteiger partial charge on any atom is -0.336 e. The number of carbonyl (C=O) groups excluding carboxylic acids is 1. The van der Waals surface area contributed by atoms with Gasteiger partial charge < -0.3 is 4.90 Å². The van der Waals surface area contributed by atoms with Crippen molar-refractivity contribution in [3.63, 3.8) is 0 Å². The van der Waals surface area contributed by atoms with Crippen molar-refractivity contribution in [3.8, 4) is 0 Å². The van der Waals surface area contributed by atoms with Gasteiger partial charge in [-0.15, -0.1) is 0 Å². The van der Waals surface area contributed by atoms with Gasteiger partial charge in [0, 0.05) is 32.2 Å². The highest BCUT2D eigenvalue weighted by Gasteiger charge is 2.31. The lowest BCUT2D eigenvalue weighted by Crippen LogP contribution is -2.50. The molecule has 1 saturated heterocycles. The van der Waals surface area contributed by atoms with Crippen molar-refractivity contribution in [2.24, 2.45) is 0 Å². The van der Waals surface area contributed by atoms with Crippen molar-refractivity contribution in [1.82, 2.24) is 9.21 Å². The number of halogens is 2. The topological polar surface area (TPSA) is 57.7 Å². The number of piperazine rings is 1. The fourth-order valence-corrected chi connectivity index (χ4v) is 4.50. The third kappa shape index (κ3) is 3.86. The lowest BCUT2D eigenvalue weighted by atomic mass is 10.1. The van der Waals surface area contributed by atoms with Crippen molar-refractivity contribution in [3.05, 3.63) is 64.7 Å². The molecule has 0 aromatic heterocycles. The van der Waals surface area contributed by atoms with E-state index in [1.165, 1.54) is 9.21 Å². The minimum absolute atomic E-state index is 0.115. The zero-order valence-corrected chi connectivity index (χ0v) is 15.9. The zero-order chi connectivity index (χ0) is 19.8. The standard InChI is InChI=1S/C19H20F2N2O3S/c1-13-3-5-16(11-14(13)2)27(25,26)23-9-7-22(8-10-23)19(24)17-6-4-15(20)12-18(17)21/h3-6,11-12H,7-10H2,1-2H3. The van der Waals surface area contributed by atoms with Crippen LogP contribution in [0.15, 0.2) is 41.3 Å². The number of carbonyl (C=O) groups is 1. The number of hydrogen-bond donors (Lipinski definition) is 0. The van der Waals surface area contributed by atoms with Gasteiger partial charge in [0.1, 0.15) is 11.6 Å². The number of benzene rings is 2. The maximum atomic E-state index is 13.8. The summed E-state index contributed by atoms with van der Waals surface area (Å²) in [6.07, 6.45) is 0. The van der Waals surface area contributed by atoms with E-state index in [2.05, 4.69) is 0 Å². The minimum atomic E-state index is -3.66. The first-order chi connectivity index (χ1) is 12.7. The molecule has 0 N–H and O–H groups in total. The molecule has 0 radical (unpaired) electrons. The molecule has 8 heteroatoms. The molecular weight excluding hydrogens is 374 g/mol. The summed E-state index contributed by atoms with van der Waals surface area (Å²) >= 11 is 0. The second-order valence-electron chi connectivity index (χ2n) is 6.57. The quantitative estimate of drug-likeness (QED) is 0.804. The van der Waals surface area contributed by atoms with Gasteiger partial charge in [0.2, 0.25) is 10.0 Å². The second kappa shape index (κ2) is 7.36. The van der Waals surface area contributed by atoms with Crippen molar-refractivity contribution in [1.29, 1.82) is 0 Å². The van der Waals surface area contributed by atoms with Crippen molar-refractivity contribution in [2.45, 2.75) is 18.7 Å². The van der Waals surface area contributed by atoms with Gasteiger partial charge in [0.05, 0.1) is 10.5 Å². The average molecular weight is 394 g/mol. The molecule has 2 aromatic carbocycles. The van der Waals surface area contributed by atoms with E-state index >= 15 is 0 Å². The Labute approximate surface area is 157 Å². The smallest absolute Gasteiger partial charge is 0.256 e. The fraction of sp³-hybridized carbons (Fsp3) is 0.316. The second-order valence-corrected chi connectivity index (χ2v) is 8.50. The lowest BCUT2D eigenvalue weighted by Gasteiger charge is -2.34. The highest BCUT2D eigenvalue weighted by Crippen LogP contribution is 2.21. The Hall–Kier alpha value is -2.32. The number of rotatable bonds is 3. The average Bonchev–Trinajstić information content (AvgIpc) is 2.63. The molecule has 5 nitrogen and oxygen atoms in total. The number of sulfonamides is 1. The Morgan fingerprint density at radius 2 is 1.59 bits per heavy atom. The maximum absolute atomic E-state index is 13.8. The molecule has 1 heterocycles. The molecule has 0 spiro atoms. The SMILES string of the molecule is Cc1ccc(S(=O)(=O)N2CCN(C(=O)c3ccc(F)cc3F)CC2)cc1C. The third-order valence-corrected chi connectivity index (χ3v) is 6.70. The van der Waals surface area contributed by atoms with Crippen molar-refractivity contribution >= 4 is 15.9 Å². The molecule has 27 heavy (non-hydrogen) atoms. The molecule has 1 amide bonds. The van der Waals surface area contributed by atoms with Crippen LogP contribution in [-0.4, -0.2) is 49.7 Å². The Morgan fingerprint density at radius 1 is 0.926 bits per heavy atom. The fourth-order valence-electron chi connectivity index (χ4n) is 2.99. The summed E-state index contributed by atoms with van der Waals surface area (Å²) in [5.74, 6) is -2.26. The third-order valence-electron chi connectivity index (χ3n) is 4.80. The van der Waals surface area contributed by atoms with E-state index in [9.17, 15) is 22.0 Å². The van der Waals surface area contributed by atoms with Gasteiger partial charge in [-0.1, -0.05) is 6.07 Å². The van der Waals surface area contributed by atoms with Gasteiger partial charge in [-0.3, -0.25) is 4.79 Å². The van der Waals surface area contributed by atoms with E-state index in [1.807, 2.05) is 13.8 Å². The normalized spacial score (nSPS) is 15.8. The number of hydrogen-bond acceptors (Lipinski definition) is 3. The Bertz CT molecular complexity index is 984. The van der Waals surface area contributed by atoms with Gasteiger partial charge in [-0.05, 0) is 49.2 Å². The van der Waals surface area contributed by atoms with Crippen LogP contribution in [0, 0.1) is 25.5 Å². The molecule has 0 saturated carbocycles. The molecule has 2 aromatic rings. The van der Waals surface area contributed by atoms with Gasteiger partial charge >= 0.3 is 0 Å². The Balaban J connectivity index is 1.72. The van der Waals surface area contributed by atoms with Gasteiger partial charge in [0.15, 0.2) is 0 Å². The first-order valence-electron chi connectivity index (χ1n) is 8.52. The highest BCUT2D eigenvalue weighted by molar-refractivity contribution is 7.89.